The molecule has 1 N–H and O–H groups in total. The van der Waals surface area contributed by atoms with Crippen molar-refractivity contribution in [2.45, 2.75) is 37.0 Å². The molecule has 1 unspecified atom stereocenters. The molecule has 146 valence electrons. The average Bonchev–Trinajstić information content (AvgIpc) is 2.65. The Hall–Kier alpha value is -1.44. The molecule has 0 bridgehead atoms. The molecular weight excluding hydrogens is 350 g/mol. The minimum absolute atomic E-state index is 0.125. The summed E-state index contributed by atoms with van der Waals surface area (Å²) in [6.07, 6.45) is 3.27. The van der Waals surface area contributed by atoms with Crippen molar-refractivity contribution in [3.63, 3.8) is 0 Å². The molecule has 2 rings (SSSR count). The van der Waals surface area contributed by atoms with Crippen molar-refractivity contribution in [2.24, 2.45) is 5.92 Å². The van der Waals surface area contributed by atoms with E-state index in [0.29, 0.717) is 5.92 Å². The summed E-state index contributed by atoms with van der Waals surface area (Å²) in [6, 6.07) is 6.66. The summed E-state index contributed by atoms with van der Waals surface area (Å²) in [5.74, 6) is 0.553. The Morgan fingerprint density at radius 3 is 2.31 bits per heavy atom. The standard InChI is InChI=1S/C19H31N3O3S/c1-15(17-5-7-18(8-6-17)26(24,25)21(3)4)19(23)22-13-10-16(11-14-22)9-12-20-2/h5-8,15-16,20H,9-14H2,1-4H3. The molecule has 1 saturated heterocycles. The monoisotopic (exact) mass is 381 g/mol. The molecule has 0 saturated carbocycles. The SMILES string of the molecule is CNCCC1CCN(C(=O)C(C)c2ccc(S(=O)(=O)N(C)C)cc2)CC1. The molecule has 0 radical (unpaired) electrons. The molecule has 1 aromatic carbocycles. The molecule has 6 nitrogen and oxygen atoms in total. The lowest BCUT2D eigenvalue weighted by molar-refractivity contribution is -0.133. The Morgan fingerprint density at radius 1 is 1.23 bits per heavy atom. The van der Waals surface area contributed by atoms with Crippen molar-refractivity contribution in [2.75, 3.05) is 40.8 Å². The maximum atomic E-state index is 12.8. The summed E-state index contributed by atoms with van der Waals surface area (Å²) >= 11 is 0. The van der Waals surface area contributed by atoms with E-state index in [0.717, 1.165) is 44.5 Å². The number of benzene rings is 1. The highest BCUT2D eigenvalue weighted by molar-refractivity contribution is 7.89. The summed E-state index contributed by atoms with van der Waals surface area (Å²) in [5.41, 5.74) is 0.852. The van der Waals surface area contributed by atoms with Crippen LogP contribution >= 0.6 is 0 Å². The summed E-state index contributed by atoms with van der Waals surface area (Å²) < 4.78 is 25.5. The van der Waals surface area contributed by atoms with Crippen LogP contribution in [0.2, 0.25) is 0 Å². The highest BCUT2D eigenvalue weighted by atomic mass is 32.2. The van der Waals surface area contributed by atoms with Crippen molar-refractivity contribution in [3.8, 4) is 0 Å². The number of sulfonamides is 1. The zero-order chi connectivity index (χ0) is 19.3. The molecule has 0 aromatic heterocycles. The van der Waals surface area contributed by atoms with Gasteiger partial charge in [0.1, 0.15) is 0 Å². The number of amides is 1. The first-order valence-corrected chi connectivity index (χ1v) is 10.7. The summed E-state index contributed by atoms with van der Waals surface area (Å²) in [5, 5.41) is 3.18. The maximum absolute atomic E-state index is 12.8. The van der Waals surface area contributed by atoms with Gasteiger partial charge in [-0.25, -0.2) is 12.7 Å². The normalized spacial score (nSPS) is 17.5. The highest BCUT2D eigenvalue weighted by Gasteiger charge is 2.27. The fourth-order valence-corrected chi connectivity index (χ4v) is 4.25. The number of carbonyl (C=O) groups is 1. The minimum Gasteiger partial charge on any atom is -0.342 e. The van der Waals surface area contributed by atoms with Gasteiger partial charge in [0.15, 0.2) is 0 Å². The van der Waals surface area contributed by atoms with Crippen molar-refractivity contribution < 1.29 is 13.2 Å². The van der Waals surface area contributed by atoms with Crippen LogP contribution in [0.3, 0.4) is 0 Å². The van der Waals surface area contributed by atoms with E-state index in [1.54, 1.807) is 24.3 Å². The number of nitrogens with one attached hydrogen (secondary N) is 1. The van der Waals surface area contributed by atoms with Crippen molar-refractivity contribution in [1.29, 1.82) is 0 Å². The lowest BCUT2D eigenvalue weighted by atomic mass is 9.92. The van der Waals surface area contributed by atoms with Gasteiger partial charge in [0, 0.05) is 27.2 Å². The van der Waals surface area contributed by atoms with Crippen LogP contribution in [0.1, 0.15) is 37.7 Å². The molecule has 1 aliphatic rings. The molecular formula is C19H31N3O3S. The van der Waals surface area contributed by atoms with Gasteiger partial charge < -0.3 is 10.2 Å². The van der Waals surface area contributed by atoms with E-state index in [1.807, 2.05) is 18.9 Å². The van der Waals surface area contributed by atoms with E-state index in [2.05, 4.69) is 5.32 Å². The quantitative estimate of drug-likeness (QED) is 0.783. The summed E-state index contributed by atoms with van der Waals surface area (Å²) in [4.78, 5) is 15.0. The topological polar surface area (TPSA) is 69.7 Å². The number of piperidine rings is 1. The second kappa shape index (κ2) is 8.97. The number of nitrogens with zero attached hydrogens (tertiary/aromatic N) is 2. The Morgan fingerprint density at radius 2 is 1.81 bits per heavy atom. The molecule has 1 atom stereocenters. The predicted octanol–water partition coefficient (Wildman–Crippen LogP) is 1.89. The van der Waals surface area contributed by atoms with E-state index in [9.17, 15) is 13.2 Å². The van der Waals surface area contributed by atoms with Crippen molar-refractivity contribution in [3.05, 3.63) is 29.8 Å². The van der Waals surface area contributed by atoms with Gasteiger partial charge in [0.25, 0.3) is 0 Å². The van der Waals surface area contributed by atoms with E-state index < -0.39 is 10.0 Å². The average molecular weight is 382 g/mol. The first-order chi connectivity index (χ1) is 12.3. The molecule has 26 heavy (non-hydrogen) atoms. The third-order valence-corrected chi connectivity index (χ3v) is 7.09. The van der Waals surface area contributed by atoms with Crippen LogP contribution in [0.5, 0.6) is 0 Å². The van der Waals surface area contributed by atoms with Crippen LogP contribution in [0.15, 0.2) is 29.2 Å². The zero-order valence-electron chi connectivity index (χ0n) is 16.2. The number of hydrogen-bond donors (Lipinski definition) is 1. The van der Waals surface area contributed by atoms with Gasteiger partial charge in [0.2, 0.25) is 15.9 Å². The van der Waals surface area contributed by atoms with Gasteiger partial charge in [0.05, 0.1) is 10.8 Å². The lowest BCUT2D eigenvalue weighted by Gasteiger charge is -2.33. The lowest BCUT2D eigenvalue weighted by Crippen LogP contribution is -2.41. The van der Waals surface area contributed by atoms with Crippen LogP contribution in [-0.2, 0) is 14.8 Å². The Labute approximate surface area is 157 Å². The molecule has 0 aliphatic carbocycles. The number of likely N-dealkylation sites (tertiary alicyclic amines) is 1. The van der Waals surface area contributed by atoms with Gasteiger partial charge in [-0.3, -0.25) is 4.79 Å². The van der Waals surface area contributed by atoms with Crippen LogP contribution in [0, 0.1) is 5.92 Å². The van der Waals surface area contributed by atoms with E-state index in [-0.39, 0.29) is 16.7 Å². The van der Waals surface area contributed by atoms with E-state index in [4.69, 9.17) is 0 Å². The van der Waals surface area contributed by atoms with Crippen molar-refractivity contribution in [1.82, 2.24) is 14.5 Å². The number of rotatable bonds is 7. The van der Waals surface area contributed by atoms with Crippen molar-refractivity contribution >= 4 is 15.9 Å². The summed E-state index contributed by atoms with van der Waals surface area (Å²) in [7, 11) is 1.55. The number of carbonyl (C=O) groups excluding carboxylic acids is 1. The third kappa shape index (κ3) is 4.84. The second-order valence-electron chi connectivity index (χ2n) is 7.24. The third-order valence-electron chi connectivity index (χ3n) is 5.26. The van der Waals surface area contributed by atoms with Crippen LogP contribution < -0.4 is 5.32 Å². The highest BCUT2D eigenvalue weighted by Crippen LogP contribution is 2.25. The van der Waals surface area contributed by atoms with Crippen LogP contribution in [0.4, 0.5) is 0 Å². The smallest absolute Gasteiger partial charge is 0.242 e. The largest absolute Gasteiger partial charge is 0.342 e. The molecule has 1 aromatic rings. The van der Waals surface area contributed by atoms with E-state index in [1.165, 1.54) is 18.4 Å². The Kier molecular flexibility index (Phi) is 7.20. The fourth-order valence-electron chi connectivity index (χ4n) is 3.35. The predicted molar refractivity (Wildman–Crippen MR) is 104 cm³/mol. The van der Waals surface area contributed by atoms with Gasteiger partial charge in [-0.15, -0.1) is 0 Å². The van der Waals surface area contributed by atoms with Gasteiger partial charge in [-0.1, -0.05) is 12.1 Å². The first-order valence-electron chi connectivity index (χ1n) is 9.23. The zero-order valence-corrected chi connectivity index (χ0v) is 17.1. The second-order valence-corrected chi connectivity index (χ2v) is 9.39. The van der Waals surface area contributed by atoms with Crippen LogP contribution in [0.25, 0.3) is 0 Å². The molecule has 1 aliphatic heterocycles. The van der Waals surface area contributed by atoms with Gasteiger partial charge >= 0.3 is 0 Å². The first kappa shape index (κ1) is 20.9. The summed E-state index contributed by atoms with van der Waals surface area (Å²) in [6.45, 7) is 4.54. The maximum Gasteiger partial charge on any atom is 0.242 e. The van der Waals surface area contributed by atoms with Gasteiger partial charge in [-0.2, -0.15) is 0 Å². The molecule has 1 amide bonds. The van der Waals surface area contributed by atoms with E-state index >= 15 is 0 Å². The Bertz CT molecular complexity index is 693. The van der Waals surface area contributed by atoms with Gasteiger partial charge in [-0.05, 0) is 63.4 Å². The molecule has 1 heterocycles. The molecule has 7 heteroatoms. The Balaban J connectivity index is 1.98. The molecule has 0 spiro atoms. The minimum atomic E-state index is -3.44. The molecule has 1 fully saturated rings. The number of hydrogen-bond acceptors (Lipinski definition) is 4. The fraction of sp³-hybridized carbons (Fsp3) is 0.632. The van der Waals surface area contributed by atoms with Crippen LogP contribution in [-0.4, -0.2) is 64.3 Å².